The van der Waals surface area contributed by atoms with E-state index < -0.39 is 5.92 Å². The van der Waals surface area contributed by atoms with E-state index in [9.17, 15) is 4.79 Å². The third-order valence-corrected chi connectivity index (χ3v) is 4.50. The molecule has 1 atom stereocenters. The highest BCUT2D eigenvalue weighted by molar-refractivity contribution is 5.98. The van der Waals surface area contributed by atoms with Crippen molar-refractivity contribution in [3.8, 4) is 17.2 Å². The molecule has 1 aromatic heterocycles. The first kappa shape index (κ1) is 17.9. The standard InChI is InChI=1S/C22H20N2O4/c1-26-17-8-5-15(6-9-17)21(18-4-2-3-11-23-18)22(25)24-16-7-10-19-20(14-16)28-13-12-27-19/h2-11,14,21H,12-13H2,1H3,(H,24,25). The smallest absolute Gasteiger partial charge is 0.237 e. The van der Waals surface area contributed by atoms with Gasteiger partial charge in [-0.25, -0.2) is 0 Å². The molecule has 1 unspecified atom stereocenters. The van der Waals surface area contributed by atoms with Crippen molar-refractivity contribution >= 4 is 11.6 Å². The van der Waals surface area contributed by atoms with Crippen molar-refractivity contribution in [1.29, 1.82) is 0 Å². The maximum absolute atomic E-state index is 13.2. The maximum Gasteiger partial charge on any atom is 0.237 e. The number of fused-ring (bicyclic) bond motifs is 1. The van der Waals surface area contributed by atoms with Crippen molar-refractivity contribution in [3.63, 3.8) is 0 Å². The number of anilines is 1. The zero-order chi connectivity index (χ0) is 19.3. The fraction of sp³-hybridized carbons (Fsp3) is 0.182. The number of nitrogens with one attached hydrogen (secondary N) is 1. The molecule has 0 radical (unpaired) electrons. The summed E-state index contributed by atoms with van der Waals surface area (Å²) in [6.07, 6.45) is 1.68. The number of benzene rings is 2. The second-order valence-corrected chi connectivity index (χ2v) is 6.31. The molecule has 0 saturated heterocycles. The lowest BCUT2D eigenvalue weighted by Gasteiger charge is -2.20. The average Bonchev–Trinajstić information content (AvgIpc) is 2.75. The molecule has 0 fully saturated rings. The van der Waals surface area contributed by atoms with Crippen LogP contribution in [-0.2, 0) is 4.79 Å². The molecule has 2 aromatic carbocycles. The molecule has 1 aliphatic heterocycles. The van der Waals surface area contributed by atoms with Gasteiger partial charge in [-0.15, -0.1) is 0 Å². The van der Waals surface area contributed by atoms with E-state index in [2.05, 4.69) is 10.3 Å². The number of nitrogens with zero attached hydrogens (tertiary/aromatic N) is 1. The fourth-order valence-electron chi connectivity index (χ4n) is 3.14. The molecular weight excluding hydrogens is 356 g/mol. The lowest BCUT2D eigenvalue weighted by molar-refractivity contribution is -0.116. The van der Waals surface area contributed by atoms with E-state index in [-0.39, 0.29) is 5.91 Å². The van der Waals surface area contributed by atoms with E-state index in [1.165, 1.54) is 0 Å². The Labute approximate surface area is 163 Å². The summed E-state index contributed by atoms with van der Waals surface area (Å²) in [6.45, 7) is 1.02. The highest BCUT2D eigenvalue weighted by Crippen LogP contribution is 2.33. The Morgan fingerprint density at radius 3 is 2.54 bits per heavy atom. The lowest BCUT2D eigenvalue weighted by atomic mass is 9.94. The van der Waals surface area contributed by atoms with Crippen LogP contribution < -0.4 is 19.5 Å². The van der Waals surface area contributed by atoms with Gasteiger partial charge >= 0.3 is 0 Å². The molecule has 3 aromatic rings. The summed E-state index contributed by atoms with van der Waals surface area (Å²) >= 11 is 0. The van der Waals surface area contributed by atoms with Crippen molar-refractivity contribution < 1.29 is 19.0 Å². The summed E-state index contributed by atoms with van der Waals surface area (Å²) in [4.78, 5) is 17.6. The third kappa shape index (κ3) is 3.76. The minimum absolute atomic E-state index is 0.180. The minimum atomic E-state index is -0.555. The molecule has 0 bridgehead atoms. The number of amides is 1. The van der Waals surface area contributed by atoms with Gasteiger partial charge in [0.15, 0.2) is 11.5 Å². The number of carbonyl (C=O) groups is 1. The summed E-state index contributed by atoms with van der Waals surface area (Å²) in [6, 6.07) is 18.3. The average molecular weight is 376 g/mol. The quantitative estimate of drug-likeness (QED) is 0.736. The molecule has 0 aliphatic carbocycles. The number of methoxy groups -OCH3 is 1. The Morgan fingerprint density at radius 2 is 1.82 bits per heavy atom. The van der Waals surface area contributed by atoms with Crippen LogP contribution in [0, 0.1) is 0 Å². The van der Waals surface area contributed by atoms with Gasteiger partial charge in [0.1, 0.15) is 24.9 Å². The topological polar surface area (TPSA) is 69.7 Å². The van der Waals surface area contributed by atoms with Crippen LogP contribution in [0.3, 0.4) is 0 Å². The first-order valence-corrected chi connectivity index (χ1v) is 9.00. The molecule has 6 nitrogen and oxygen atoms in total. The summed E-state index contributed by atoms with van der Waals surface area (Å²) < 4.78 is 16.4. The number of ether oxygens (including phenoxy) is 3. The van der Waals surface area contributed by atoms with E-state index >= 15 is 0 Å². The number of hydrogen-bond acceptors (Lipinski definition) is 5. The van der Waals surface area contributed by atoms with Crippen LogP contribution in [0.1, 0.15) is 17.2 Å². The molecule has 0 saturated carbocycles. The van der Waals surface area contributed by atoms with E-state index in [0.717, 1.165) is 11.3 Å². The normalized spacial score (nSPS) is 13.5. The first-order valence-electron chi connectivity index (χ1n) is 9.00. The highest BCUT2D eigenvalue weighted by atomic mass is 16.6. The van der Waals surface area contributed by atoms with Gasteiger partial charge in [-0.05, 0) is 42.0 Å². The van der Waals surface area contributed by atoms with E-state index in [1.807, 2.05) is 42.5 Å². The summed E-state index contributed by atoms with van der Waals surface area (Å²) in [5.41, 5.74) is 2.14. The number of rotatable bonds is 5. The predicted molar refractivity (Wildman–Crippen MR) is 105 cm³/mol. The highest BCUT2D eigenvalue weighted by Gasteiger charge is 2.25. The van der Waals surface area contributed by atoms with E-state index in [4.69, 9.17) is 14.2 Å². The van der Waals surface area contributed by atoms with Crippen LogP contribution in [0.25, 0.3) is 0 Å². The Morgan fingerprint density at radius 1 is 1.04 bits per heavy atom. The predicted octanol–water partition coefficient (Wildman–Crippen LogP) is 3.63. The molecule has 142 valence electrons. The van der Waals surface area contributed by atoms with Gasteiger partial charge in [0.25, 0.3) is 0 Å². The van der Waals surface area contributed by atoms with Crippen molar-refractivity contribution in [2.45, 2.75) is 5.92 Å². The van der Waals surface area contributed by atoms with Crippen LogP contribution >= 0.6 is 0 Å². The molecule has 1 aliphatic rings. The molecular formula is C22H20N2O4. The van der Waals surface area contributed by atoms with Gasteiger partial charge in [0.2, 0.25) is 5.91 Å². The third-order valence-electron chi connectivity index (χ3n) is 4.50. The molecule has 1 N–H and O–H groups in total. The van der Waals surface area contributed by atoms with Crippen LogP contribution in [0.5, 0.6) is 17.2 Å². The maximum atomic E-state index is 13.2. The number of carbonyl (C=O) groups excluding carboxylic acids is 1. The van der Waals surface area contributed by atoms with Gasteiger partial charge < -0.3 is 19.5 Å². The summed E-state index contributed by atoms with van der Waals surface area (Å²) in [5.74, 6) is 1.31. The minimum Gasteiger partial charge on any atom is -0.497 e. The Kier molecular flexibility index (Phi) is 5.10. The lowest BCUT2D eigenvalue weighted by Crippen LogP contribution is -2.23. The Bertz CT molecular complexity index is 958. The summed E-state index contributed by atoms with van der Waals surface area (Å²) in [5, 5.41) is 2.97. The van der Waals surface area contributed by atoms with E-state index in [0.29, 0.717) is 36.1 Å². The van der Waals surface area contributed by atoms with Gasteiger partial charge in [0.05, 0.1) is 12.8 Å². The number of aromatic nitrogens is 1. The van der Waals surface area contributed by atoms with Gasteiger partial charge in [-0.2, -0.15) is 0 Å². The monoisotopic (exact) mass is 376 g/mol. The van der Waals surface area contributed by atoms with Crippen molar-refractivity contribution in [2.75, 3.05) is 25.6 Å². The van der Waals surface area contributed by atoms with Gasteiger partial charge in [-0.1, -0.05) is 18.2 Å². The van der Waals surface area contributed by atoms with Crippen molar-refractivity contribution in [2.24, 2.45) is 0 Å². The van der Waals surface area contributed by atoms with Gasteiger partial charge in [-0.3, -0.25) is 9.78 Å². The fourth-order valence-corrected chi connectivity index (χ4v) is 3.14. The zero-order valence-corrected chi connectivity index (χ0v) is 15.4. The van der Waals surface area contributed by atoms with Crippen LogP contribution in [-0.4, -0.2) is 31.2 Å². The zero-order valence-electron chi connectivity index (χ0n) is 15.4. The first-order chi connectivity index (χ1) is 13.7. The number of pyridine rings is 1. The van der Waals surface area contributed by atoms with Crippen molar-refractivity contribution in [1.82, 2.24) is 4.98 Å². The molecule has 6 heteroatoms. The summed E-state index contributed by atoms with van der Waals surface area (Å²) in [7, 11) is 1.61. The molecule has 0 spiro atoms. The van der Waals surface area contributed by atoms with Crippen LogP contribution in [0.4, 0.5) is 5.69 Å². The second-order valence-electron chi connectivity index (χ2n) is 6.31. The Hall–Kier alpha value is -3.54. The van der Waals surface area contributed by atoms with Gasteiger partial charge in [0, 0.05) is 18.0 Å². The molecule has 1 amide bonds. The Balaban J connectivity index is 1.63. The SMILES string of the molecule is COc1ccc(C(C(=O)Nc2ccc3c(c2)OCCO3)c2ccccn2)cc1. The van der Waals surface area contributed by atoms with Crippen LogP contribution in [0.15, 0.2) is 66.9 Å². The molecule has 28 heavy (non-hydrogen) atoms. The largest absolute Gasteiger partial charge is 0.497 e. The van der Waals surface area contributed by atoms with Crippen LogP contribution in [0.2, 0.25) is 0 Å². The number of hydrogen-bond donors (Lipinski definition) is 1. The van der Waals surface area contributed by atoms with E-state index in [1.54, 1.807) is 31.5 Å². The molecule has 4 rings (SSSR count). The van der Waals surface area contributed by atoms with Crippen molar-refractivity contribution in [3.05, 3.63) is 78.1 Å². The second kappa shape index (κ2) is 8.00. The molecule has 2 heterocycles.